The van der Waals surface area contributed by atoms with Gasteiger partial charge in [0.2, 0.25) is 5.91 Å². The SMILES string of the molecule is Cc1cc(C)c(C=NNC(=O)Cc2ccccc2[N+](=O)[O-])c(C)c1. The molecule has 0 saturated heterocycles. The molecule has 0 aromatic heterocycles. The minimum atomic E-state index is -0.495. The summed E-state index contributed by atoms with van der Waals surface area (Å²) < 4.78 is 0. The Hall–Kier alpha value is -3.02. The molecular weight excluding hydrogens is 306 g/mol. The predicted octanol–water partition coefficient (Wildman–Crippen LogP) is 3.21. The number of nitrogens with zero attached hydrogens (tertiary/aromatic N) is 2. The maximum atomic E-state index is 12.0. The van der Waals surface area contributed by atoms with Gasteiger partial charge in [0.1, 0.15) is 0 Å². The summed E-state index contributed by atoms with van der Waals surface area (Å²) in [4.78, 5) is 22.4. The lowest BCUT2D eigenvalue weighted by Crippen LogP contribution is -2.20. The second kappa shape index (κ2) is 7.50. The van der Waals surface area contributed by atoms with Crippen molar-refractivity contribution in [1.82, 2.24) is 5.43 Å². The van der Waals surface area contributed by atoms with Crippen molar-refractivity contribution in [3.63, 3.8) is 0 Å². The first-order valence-electron chi connectivity index (χ1n) is 7.50. The van der Waals surface area contributed by atoms with Crippen LogP contribution in [0.3, 0.4) is 0 Å². The van der Waals surface area contributed by atoms with Gasteiger partial charge in [-0.1, -0.05) is 35.9 Å². The average molecular weight is 325 g/mol. The Balaban J connectivity index is 2.06. The Bertz CT molecular complexity index is 790. The molecule has 0 saturated carbocycles. The summed E-state index contributed by atoms with van der Waals surface area (Å²) >= 11 is 0. The summed E-state index contributed by atoms with van der Waals surface area (Å²) in [5.41, 5.74) is 6.98. The van der Waals surface area contributed by atoms with Crippen LogP contribution in [0.5, 0.6) is 0 Å². The van der Waals surface area contributed by atoms with E-state index in [4.69, 9.17) is 0 Å². The molecule has 1 N–H and O–H groups in total. The van der Waals surface area contributed by atoms with Crippen LogP contribution in [0.4, 0.5) is 5.69 Å². The van der Waals surface area contributed by atoms with Crippen molar-refractivity contribution in [2.45, 2.75) is 27.2 Å². The number of rotatable bonds is 5. The Labute approximate surface area is 140 Å². The van der Waals surface area contributed by atoms with E-state index in [1.165, 1.54) is 11.6 Å². The third kappa shape index (κ3) is 4.25. The number of carbonyl (C=O) groups is 1. The van der Waals surface area contributed by atoms with E-state index in [1.807, 2.05) is 32.9 Å². The molecular formula is C18H19N3O3. The van der Waals surface area contributed by atoms with Gasteiger partial charge in [-0.15, -0.1) is 0 Å². The number of aryl methyl sites for hydroxylation is 3. The second-order valence-corrected chi connectivity index (χ2v) is 5.67. The van der Waals surface area contributed by atoms with Gasteiger partial charge < -0.3 is 0 Å². The summed E-state index contributed by atoms with van der Waals surface area (Å²) in [5.74, 6) is -0.400. The number of carbonyl (C=O) groups excluding carboxylic acids is 1. The number of nitrogens with one attached hydrogen (secondary N) is 1. The van der Waals surface area contributed by atoms with E-state index in [1.54, 1.807) is 24.4 Å². The molecule has 0 aliphatic carbocycles. The number of benzene rings is 2. The fraction of sp³-hybridized carbons (Fsp3) is 0.222. The van der Waals surface area contributed by atoms with E-state index >= 15 is 0 Å². The molecule has 6 heteroatoms. The van der Waals surface area contributed by atoms with Crippen LogP contribution in [0.2, 0.25) is 0 Å². The molecule has 0 bridgehead atoms. The molecule has 124 valence electrons. The highest BCUT2D eigenvalue weighted by Gasteiger charge is 2.15. The largest absolute Gasteiger partial charge is 0.273 e. The second-order valence-electron chi connectivity index (χ2n) is 5.67. The molecule has 1 amide bonds. The van der Waals surface area contributed by atoms with Gasteiger partial charge in [0, 0.05) is 17.2 Å². The molecule has 0 heterocycles. The number of nitro groups is 1. The molecule has 0 radical (unpaired) electrons. The molecule has 2 aromatic carbocycles. The number of nitro benzene ring substituents is 1. The quantitative estimate of drug-likeness (QED) is 0.520. The van der Waals surface area contributed by atoms with Crippen molar-refractivity contribution in [1.29, 1.82) is 0 Å². The van der Waals surface area contributed by atoms with Crippen LogP contribution in [-0.2, 0) is 11.2 Å². The van der Waals surface area contributed by atoms with Gasteiger partial charge in [0.05, 0.1) is 17.6 Å². The highest BCUT2D eigenvalue weighted by atomic mass is 16.6. The van der Waals surface area contributed by atoms with Crippen LogP contribution >= 0.6 is 0 Å². The van der Waals surface area contributed by atoms with Gasteiger partial charge in [-0.3, -0.25) is 14.9 Å². The third-order valence-corrected chi connectivity index (χ3v) is 3.66. The van der Waals surface area contributed by atoms with Gasteiger partial charge in [-0.05, 0) is 31.9 Å². The lowest BCUT2D eigenvalue weighted by atomic mass is 10.0. The van der Waals surface area contributed by atoms with Crippen molar-refractivity contribution in [3.8, 4) is 0 Å². The number of hydrazone groups is 1. The van der Waals surface area contributed by atoms with E-state index < -0.39 is 10.8 Å². The first-order chi connectivity index (χ1) is 11.4. The van der Waals surface area contributed by atoms with E-state index in [0.717, 1.165) is 16.7 Å². The Kier molecular flexibility index (Phi) is 5.42. The van der Waals surface area contributed by atoms with Crippen LogP contribution in [-0.4, -0.2) is 17.0 Å². The topological polar surface area (TPSA) is 84.6 Å². The maximum Gasteiger partial charge on any atom is 0.273 e. The van der Waals surface area contributed by atoms with Gasteiger partial charge in [0.15, 0.2) is 0 Å². The van der Waals surface area contributed by atoms with E-state index in [0.29, 0.717) is 5.56 Å². The van der Waals surface area contributed by atoms with Gasteiger partial charge >= 0.3 is 0 Å². The summed E-state index contributed by atoms with van der Waals surface area (Å²) in [6, 6.07) is 10.3. The fourth-order valence-electron chi connectivity index (χ4n) is 2.61. The van der Waals surface area contributed by atoms with Crippen LogP contribution in [0.1, 0.15) is 27.8 Å². The molecule has 24 heavy (non-hydrogen) atoms. The standard InChI is InChI=1S/C18H19N3O3/c1-12-8-13(2)16(14(3)9-12)11-19-20-18(22)10-15-6-4-5-7-17(15)21(23)24/h4-9,11H,10H2,1-3H3,(H,20,22). The van der Waals surface area contributed by atoms with Gasteiger partial charge in [0.25, 0.3) is 5.69 Å². The van der Waals surface area contributed by atoms with Crippen LogP contribution < -0.4 is 5.43 Å². The van der Waals surface area contributed by atoms with E-state index in [2.05, 4.69) is 10.5 Å². The van der Waals surface area contributed by atoms with Crippen LogP contribution in [0, 0.1) is 30.9 Å². The van der Waals surface area contributed by atoms with Crippen molar-refractivity contribution in [2.75, 3.05) is 0 Å². The maximum absolute atomic E-state index is 12.0. The zero-order valence-corrected chi connectivity index (χ0v) is 13.9. The minimum absolute atomic E-state index is 0.0677. The van der Waals surface area contributed by atoms with Crippen molar-refractivity contribution < 1.29 is 9.72 Å². The fourth-order valence-corrected chi connectivity index (χ4v) is 2.61. The summed E-state index contributed by atoms with van der Waals surface area (Å²) in [7, 11) is 0. The normalized spacial score (nSPS) is 10.8. The summed E-state index contributed by atoms with van der Waals surface area (Å²) in [6.07, 6.45) is 1.50. The van der Waals surface area contributed by atoms with Crippen LogP contribution in [0.25, 0.3) is 0 Å². The van der Waals surface area contributed by atoms with Crippen LogP contribution in [0.15, 0.2) is 41.5 Å². The number of hydrogen-bond donors (Lipinski definition) is 1. The van der Waals surface area contributed by atoms with Crippen molar-refractivity contribution in [3.05, 3.63) is 74.3 Å². The molecule has 0 aliphatic rings. The first kappa shape index (κ1) is 17.3. The Morgan fingerprint density at radius 1 is 1.21 bits per heavy atom. The molecule has 6 nitrogen and oxygen atoms in total. The molecule has 2 aromatic rings. The smallest absolute Gasteiger partial charge is 0.273 e. The zero-order valence-electron chi connectivity index (χ0n) is 13.9. The molecule has 0 aliphatic heterocycles. The lowest BCUT2D eigenvalue weighted by Gasteiger charge is -2.06. The summed E-state index contributed by atoms with van der Waals surface area (Å²) in [5, 5.41) is 14.9. The van der Waals surface area contributed by atoms with Gasteiger partial charge in [-0.2, -0.15) is 5.10 Å². The molecule has 0 unspecified atom stereocenters. The lowest BCUT2D eigenvalue weighted by molar-refractivity contribution is -0.385. The number of hydrogen-bond acceptors (Lipinski definition) is 4. The van der Waals surface area contributed by atoms with E-state index in [-0.39, 0.29) is 12.1 Å². The molecule has 0 spiro atoms. The van der Waals surface area contributed by atoms with Crippen molar-refractivity contribution in [2.24, 2.45) is 5.10 Å². The minimum Gasteiger partial charge on any atom is -0.273 e. The number of amides is 1. The van der Waals surface area contributed by atoms with E-state index in [9.17, 15) is 14.9 Å². The monoisotopic (exact) mass is 325 g/mol. The average Bonchev–Trinajstić information content (AvgIpc) is 2.50. The zero-order chi connectivity index (χ0) is 17.7. The molecule has 2 rings (SSSR count). The Morgan fingerprint density at radius 3 is 2.46 bits per heavy atom. The highest BCUT2D eigenvalue weighted by molar-refractivity contribution is 5.86. The summed E-state index contributed by atoms with van der Waals surface area (Å²) in [6.45, 7) is 5.99. The first-order valence-corrected chi connectivity index (χ1v) is 7.50. The van der Waals surface area contributed by atoms with Crippen molar-refractivity contribution >= 4 is 17.8 Å². The predicted molar refractivity (Wildman–Crippen MR) is 93.2 cm³/mol. The Morgan fingerprint density at radius 2 is 1.83 bits per heavy atom. The number of para-hydroxylation sites is 1. The highest BCUT2D eigenvalue weighted by Crippen LogP contribution is 2.18. The molecule has 0 fully saturated rings. The van der Waals surface area contributed by atoms with Gasteiger partial charge in [-0.25, -0.2) is 5.43 Å². The molecule has 0 atom stereocenters. The third-order valence-electron chi connectivity index (χ3n) is 3.66.